The molecular formula is C28H24N2O5S2. The minimum atomic E-state index is -0.243. The maximum Gasteiger partial charge on any atom is 0.266 e. The first-order valence-electron chi connectivity index (χ1n) is 11.6. The Morgan fingerprint density at radius 3 is 2.65 bits per heavy atom. The van der Waals surface area contributed by atoms with Gasteiger partial charge in [0.1, 0.15) is 10.1 Å². The lowest BCUT2D eigenvalue weighted by atomic mass is 10.1. The molecule has 0 radical (unpaired) electrons. The number of para-hydroxylation sites is 1. The molecule has 1 N–H and O–H groups in total. The molecule has 5 rings (SSSR count). The predicted octanol–water partition coefficient (Wildman–Crippen LogP) is 5.45. The van der Waals surface area contributed by atoms with Crippen molar-refractivity contribution in [2.45, 2.75) is 20.4 Å². The minimum Gasteiger partial charge on any atom is -0.484 e. The van der Waals surface area contributed by atoms with Gasteiger partial charge in [0.15, 0.2) is 18.1 Å². The van der Waals surface area contributed by atoms with Crippen molar-refractivity contribution in [2.24, 2.45) is 0 Å². The second-order valence-corrected chi connectivity index (χ2v) is 10.3. The van der Waals surface area contributed by atoms with Gasteiger partial charge in [-0.3, -0.25) is 14.5 Å². The summed E-state index contributed by atoms with van der Waals surface area (Å²) in [6.45, 7) is 4.31. The normalized spacial score (nSPS) is 15.4. The number of amides is 2. The minimum absolute atomic E-state index is 0.130. The summed E-state index contributed by atoms with van der Waals surface area (Å²) >= 11 is 6.74. The maximum atomic E-state index is 13.1. The molecule has 3 aromatic rings. The van der Waals surface area contributed by atoms with E-state index in [2.05, 4.69) is 5.32 Å². The first kappa shape index (κ1) is 24.9. The largest absolute Gasteiger partial charge is 0.484 e. The number of thiocarbonyl (C=S) groups is 1. The van der Waals surface area contributed by atoms with E-state index in [-0.39, 0.29) is 25.2 Å². The van der Waals surface area contributed by atoms with E-state index < -0.39 is 0 Å². The van der Waals surface area contributed by atoms with E-state index in [1.807, 2.05) is 62.4 Å². The molecule has 2 amide bonds. The van der Waals surface area contributed by atoms with Gasteiger partial charge in [-0.1, -0.05) is 60.4 Å². The molecule has 7 nitrogen and oxygen atoms in total. The van der Waals surface area contributed by atoms with Gasteiger partial charge in [0.05, 0.1) is 11.4 Å². The molecule has 2 aliphatic heterocycles. The lowest BCUT2D eigenvalue weighted by molar-refractivity contribution is -0.122. The summed E-state index contributed by atoms with van der Waals surface area (Å²) in [5, 5.41) is 2.91. The van der Waals surface area contributed by atoms with Gasteiger partial charge < -0.3 is 19.5 Å². The third kappa shape index (κ3) is 5.63. The zero-order valence-electron chi connectivity index (χ0n) is 20.3. The smallest absolute Gasteiger partial charge is 0.266 e. The maximum absolute atomic E-state index is 13.1. The van der Waals surface area contributed by atoms with Crippen LogP contribution in [0, 0.1) is 13.8 Å². The Morgan fingerprint density at radius 1 is 1.08 bits per heavy atom. The Balaban J connectivity index is 1.22. The van der Waals surface area contributed by atoms with E-state index in [0.717, 1.165) is 27.9 Å². The molecule has 0 bridgehead atoms. The Labute approximate surface area is 224 Å². The van der Waals surface area contributed by atoms with E-state index in [4.69, 9.17) is 26.4 Å². The number of hydrogen-bond acceptors (Lipinski definition) is 7. The van der Waals surface area contributed by atoms with Crippen molar-refractivity contribution in [3.05, 3.63) is 87.8 Å². The molecule has 0 aromatic heterocycles. The molecule has 0 unspecified atom stereocenters. The quantitative estimate of drug-likeness (QED) is 0.320. The van der Waals surface area contributed by atoms with Gasteiger partial charge in [-0.15, -0.1) is 0 Å². The van der Waals surface area contributed by atoms with Crippen LogP contribution in [0.4, 0.5) is 5.69 Å². The Kier molecular flexibility index (Phi) is 7.16. The third-order valence-corrected chi connectivity index (χ3v) is 7.30. The van der Waals surface area contributed by atoms with Crippen molar-refractivity contribution in [3.8, 4) is 17.2 Å². The van der Waals surface area contributed by atoms with Crippen LogP contribution in [-0.2, 0) is 16.1 Å². The fourth-order valence-corrected chi connectivity index (χ4v) is 5.29. The van der Waals surface area contributed by atoms with Crippen LogP contribution in [-0.4, -0.2) is 34.4 Å². The molecule has 37 heavy (non-hydrogen) atoms. The topological polar surface area (TPSA) is 77.1 Å². The SMILES string of the molecule is Cc1cccc(C)c1NC(=O)COc1cccc(/C=C2\SC(=S)N(Cc3ccc4c(c3)OCO4)C2=O)c1. The highest BCUT2D eigenvalue weighted by Crippen LogP contribution is 2.36. The molecule has 3 aromatic carbocycles. The number of thioether (sulfide) groups is 1. The summed E-state index contributed by atoms with van der Waals surface area (Å²) in [5.41, 5.74) is 4.46. The molecule has 0 atom stereocenters. The standard InChI is InChI=1S/C28H24N2O5S2/c1-17-5-3-6-18(2)26(17)29-25(31)15-33-21-8-4-7-19(11-21)13-24-27(32)30(28(36)37-24)14-20-9-10-22-23(12-20)35-16-34-22/h3-13H,14-16H2,1-2H3,(H,29,31)/b24-13-. The van der Waals surface area contributed by atoms with Gasteiger partial charge in [0, 0.05) is 5.69 Å². The summed E-state index contributed by atoms with van der Waals surface area (Å²) in [6.07, 6.45) is 1.78. The number of carbonyl (C=O) groups excluding carboxylic acids is 2. The van der Waals surface area contributed by atoms with Crippen molar-refractivity contribution >= 4 is 51.9 Å². The molecule has 188 valence electrons. The molecule has 1 saturated heterocycles. The summed E-state index contributed by atoms with van der Waals surface area (Å²) in [7, 11) is 0. The number of rotatable bonds is 7. The van der Waals surface area contributed by atoms with Crippen LogP contribution in [0.3, 0.4) is 0 Å². The second kappa shape index (κ2) is 10.7. The number of carbonyl (C=O) groups is 2. The summed E-state index contributed by atoms with van der Waals surface area (Å²) < 4.78 is 17.0. The zero-order chi connectivity index (χ0) is 25.9. The van der Waals surface area contributed by atoms with Crippen molar-refractivity contribution < 1.29 is 23.8 Å². The number of benzene rings is 3. The molecule has 2 aliphatic rings. The number of aryl methyl sites for hydroxylation is 2. The van der Waals surface area contributed by atoms with Gasteiger partial charge in [-0.2, -0.15) is 0 Å². The molecule has 9 heteroatoms. The Morgan fingerprint density at radius 2 is 1.84 bits per heavy atom. The summed E-state index contributed by atoms with van der Waals surface area (Å²) in [4.78, 5) is 27.6. The van der Waals surface area contributed by atoms with E-state index in [1.165, 1.54) is 11.8 Å². The number of hydrogen-bond donors (Lipinski definition) is 1. The summed E-state index contributed by atoms with van der Waals surface area (Å²) in [5.74, 6) is 1.48. The van der Waals surface area contributed by atoms with E-state index >= 15 is 0 Å². The van der Waals surface area contributed by atoms with Crippen molar-refractivity contribution in [1.82, 2.24) is 4.90 Å². The number of nitrogens with one attached hydrogen (secondary N) is 1. The van der Waals surface area contributed by atoms with Crippen molar-refractivity contribution in [1.29, 1.82) is 0 Å². The number of fused-ring (bicyclic) bond motifs is 1. The lowest BCUT2D eigenvalue weighted by Gasteiger charge is -2.14. The van der Waals surface area contributed by atoms with Crippen molar-refractivity contribution in [2.75, 3.05) is 18.7 Å². The van der Waals surface area contributed by atoms with Crippen LogP contribution in [0.1, 0.15) is 22.3 Å². The molecule has 0 saturated carbocycles. The van der Waals surface area contributed by atoms with Crippen LogP contribution in [0.15, 0.2) is 65.6 Å². The third-order valence-electron chi connectivity index (χ3n) is 5.92. The van der Waals surface area contributed by atoms with Crippen molar-refractivity contribution in [3.63, 3.8) is 0 Å². The van der Waals surface area contributed by atoms with Gasteiger partial charge in [0.25, 0.3) is 11.8 Å². The van der Waals surface area contributed by atoms with Crippen LogP contribution >= 0.6 is 24.0 Å². The van der Waals surface area contributed by atoms with Gasteiger partial charge in [0.2, 0.25) is 6.79 Å². The van der Waals surface area contributed by atoms with E-state index in [9.17, 15) is 9.59 Å². The van der Waals surface area contributed by atoms with Gasteiger partial charge in [-0.05, 0) is 66.4 Å². The molecular weight excluding hydrogens is 508 g/mol. The van der Waals surface area contributed by atoms with E-state index in [1.54, 1.807) is 23.1 Å². The zero-order valence-corrected chi connectivity index (χ0v) is 21.9. The second-order valence-electron chi connectivity index (χ2n) is 8.63. The highest BCUT2D eigenvalue weighted by Gasteiger charge is 2.32. The average molecular weight is 533 g/mol. The first-order valence-corrected chi connectivity index (χ1v) is 12.8. The first-order chi connectivity index (χ1) is 17.9. The Bertz CT molecular complexity index is 1420. The van der Waals surface area contributed by atoms with Crippen LogP contribution < -0.4 is 19.5 Å². The molecule has 2 heterocycles. The molecule has 0 spiro atoms. The molecule has 1 fully saturated rings. The Hall–Kier alpha value is -3.82. The van der Waals surface area contributed by atoms with Gasteiger partial charge >= 0.3 is 0 Å². The monoisotopic (exact) mass is 532 g/mol. The highest BCUT2D eigenvalue weighted by atomic mass is 32.2. The van der Waals surface area contributed by atoms with Gasteiger partial charge in [-0.25, -0.2) is 0 Å². The summed E-state index contributed by atoms with van der Waals surface area (Å²) in [6, 6.07) is 18.7. The molecule has 0 aliphatic carbocycles. The average Bonchev–Trinajstić information content (AvgIpc) is 3.45. The highest BCUT2D eigenvalue weighted by molar-refractivity contribution is 8.26. The fraction of sp³-hybridized carbons (Fsp3) is 0.179. The van der Waals surface area contributed by atoms with Crippen LogP contribution in [0.5, 0.6) is 17.2 Å². The number of anilines is 1. The lowest BCUT2D eigenvalue weighted by Crippen LogP contribution is -2.27. The van der Waals surface area contributed by atoms with E-state index in [0.29, 0.717) is 33.0 Å². The van der Waals surface area contributed by atoms with Crippen LogP contribution in [0.2, 0.25) is 0 Å². The number of ether oxygens (including phenoxy) is 3. The predicted molar refractivity (Wildman–Crippen MR) is 148 cm³/mol. The van der Waals surface area contributed by atoms with Crippen LogP contribution in [0.25, 0.3) is 6.08 Å². The number of nitrogens with zero attached hydrogens (tertiary/aromatic N) is 1. The fourth-order valence-electron chi connectivity index (χ4n) is 4.04.